The Labute approximate surface area is 114 Å². The van der Waals surface area contributed by atoms with Crippen molar-refractivity contribution in [3.63, 3.8) is 0 Å². The molecule has 5 heteroatoms. The van der Waals surface area contributed by atoms with Crippen LogP contribution < -0.4 is 4.74 Å². The minimum Gasteiger partial charge on any atom is -0.487 e. The zero-order valence-corrected chi connectivity index (χ0v) is 10.2. The van der Waals surface area contributed by atoms with Crippen LogP contribution in [0.25, 0.3) is 0 Å². The molecule has 0 unspecified atom stereocenters. The van der Waals surface area contributed by atoms with E-state index in [1.54, 1.807) is 12.1 Å². The molecular formula is C15H8F2N2O. The molecule has 0 aliphatic rings. The van der Waals surface area contributed by atoms with Gasteiger partial charge in [-0.3, -0.25) is 0 Å². The first-order valence-corrected chi connectivity index (χ1v) is 5.66. The van der Waals surface area contributed by atoms with Crippen LogP contribution in [0.5, 0.6) is 5.75 Å². The smallest absolute Gasteiger partial charge is 0.147 e. The molecule has 0 saturated heterocycles. The fraction of sp³-hybridized carbons (Fsp3) is 0.0667. The molecule has 0 fully saturated rings. The van der Waals surface area contributed by atoms with Crippen molar-refractivity contribution in [3.05, 3.63) is 64.7 Å². The van der Waals surface area contributed by atoms with Gasteiger partial charge in [-0.1, -0.05) is 18.2 Å². The van der Waals surface area contributed by atoms with Gasteiger partial charge in [0.1, 0.15) is 41.7 Å². The van der Waals surface area contributed by atoms with Crippen LogP contribution in [0.2, 0.25) is 0 Å². The third-order valence-corrected chi connectivity index (χ3v) is 2.67. The maximum Gasteiger partial charge on any atom is 0.147 e. The van der Waals surface area contributed by atoms with E-state index in [-0.39, 0.29) is 29.0 Å². The molecule has 2 rings (SSSR count). The summed E-state index contributed by atoms with van der Waals surface area (Å²) in [6, 6.07) is 11.7. The number of nitrogens with zero attached hydrogens (tertiary/aromatic N) is 2. The van der Waals surface area contributed by atoms with Crippen molar-refractivity contribution in [2.45, 2.75) is 6.61 Å². The van der Waals surface area contributed by atoms with Crippen LogP contribution in [0.3, 0.4) is 0 Å². The Balaban J connectivity index is 2.25. The molecule has 0 spiro atoms. The number of halogens is 2. The lowest BCUT2D eigenvalue weighted by atomic mass is 10.1. The highest BCUT2D eigenvalue weighted by atomic mass is 19.1. The van der Waals surface area contributed by atoms with Crippen molar-refractivity contribution in [2.24, 2.45) is 0 Å². The van der Waals surface area contributed by atoms with E-state index < -0.39 is 11.6 Å². The Hall–Kier alpha value is -2.92. The normalized spacial score (nSPS) is 9.60. The fourth-order valence-corrected chi connectivity index (χ4v) is 1.67. The largest absolute Gasteiger partial charge is 0.487 e. The molecule has 0 N–H and O–H groups in total. The lowest BCUT2D eigenvalue weighted by Gasteiger charge is -2.09. The monoisotopic (exact) mass is 270 g/mol. The molecule has 0 radical (unpaired) electrons. The molecule has 0 heterocycles. The van der Waals surface area contributed by atoms with Gasteiger partial charge in [-0.25, -0.2) is 8.78 Å². The molecule has 0 aliphatic carbocycles. The first kappa shape index (κ1) is 13.5. The summed E-state index contributed by atoms with van der Waals surface area (Å²) in [5.74, 6) is -1.34. The van der Waals surface area contributed by atoms with Gasteiger partial charge in [-0.15, -0.1) is 0 Å². The number of hydrogen-bond donors (Lipinski definition) is 0. The standard InChI is InChI=1S/C15H8F2N2O/c16-13-5-2-6-14(12(13)8-19)20-9-11-4-1-3-10(7-18)15(11)17/h1-6H,9H2. The fourth-order valence-electron chi connectivity index (χ4n) is 1.67. The first-order chi connectivity index (χ1) is 9.67. The lowest BCUT2D eigenvalue weighted by Crippen LogP contribution is -2.02. The Morgan fingerprint density at radius 3 is 2.45 bits per heavy atom. The minimum absolute atomic E-state index is 0.0364. The zero-order valence-electron chi connectivity index (χ0n) is 10.2. The van der Waals surface area contributed by atoms with Gasteiger partial charge in [0, 0.05) is 5.56 Å². The van der Waals surface area contributed by atoms with Gasteiger partial charge in [0.05, 0.1) is 5.56 Å². The first-order valence-electron chi connectivity index (χ1n) is 5.66. The molecule has 98 valence electrons. The highest BCUT2D eigenvalue weighted by molar-refractivity contribution is 5.44. The molecule has 0 amide bonds. The summed E-state index contributed by atoms with van der Waals surface area (Å²) in [4.78, 5) is 0. The summed E-state index contributed by atoms with van der Waals surface area (Å²) < 4.78 is 32.4. The van der Waals surface area contributed by atoms with E-state index in [1.807, 2.05) is 0 Å². The number of benzene rings is 2. The van der Waals surface area contributed by atoms with Crippen molar-refractivity contribution in [1.82, 2.24) is 0 Å². The molecule has 3 nitrogen and oxygen atoms in total. The van der Waals surface area contributed by atoms with Gasteiger partial charge in [0.25, 0.3) is 0 Å². The molecule has 0 aromatic heterocycles. The molecule has 2 aromatic carbocycles. The maximum atomic E-state index is 13.8. The quantitative estimate of drug-likeness (QED) is 0.859. The van der Waals surface area contributed by atoms with Gasteiger partial charge in [-0.05, 0) is 18.2 Å². The summed E-state index contributed by atoms with van der Waals surface area (Å²) in [5.41, 5.74) is -0.160. The third-order valence-electron chi connectivity index (χ3n) is 2.67. The molecule has 0 saturated carbocycles. The third kappa shape index (κ3) is 2.57. The molecular weight excluding hydrogens is 262 g/mol. The SMILES string of the molecule is N#Cc1cccc(COc2cccc(F)c2C#N)c1F. The van der Waals surface area contributed by atoms with Gasteiger partial charge in [0.2, 0.25) is 0 Å². The Kier molecular flexibility index (Phi) is 3.93. The van der Waals surface area contributed by atoms with Gasteiger partial charge < -0.3 is 4.74 Å². The van der Waals surface area contributed by atoms with Crippen LogP contribution in [0.4, 0.5) is 8.78 Å². The molecule has 0 bridgehead atoms. The Bertz CT molecular complexity index is 730. The zero-order chi connectivity index (χ0) is 14.5. The van der Waals surface area contributed by atoms with Gasteiger partial charge in [-0.2, -0.15) is 10.5 Å². The average molecular weight is 270 g/mol. The van der Waals surface area contributed by atoms with Crippen LogP contribution >= 0.6 is 0 Å². The van der Waals surface area contributed by atoms with Crippen molar-refractivity contribution in [2.75, 3.05) is 0 Å². The van der Waals surface area contributed by atoms with E-state index in [1.165, 1.54) is 30.3 Å². The highest BCUT2D eigenvalue weighted by Gasteiger charge is 2.11. The van der Waals surface area contributed by atoms with E-state index in [0.29, 0.717) is 0 Å². The minimum atomic E-state index is -0.698. The van der Waals surface area contributed by atoms with Gasteiger partial charge >= 0.3 is 0 Å². The van der Waals surface area contributed by atoms with Crippen molar-refractivity contribution in [3.8, 4) is 17.9 Å². The van der Waals surface area contributed by atoms with E-state index in [0.717, 1.165) is 6.07 Å². The lowest BCUT2D eigenvalue weighted by molar-refractivity contribution is 0.297. The molecule has 2 aromatic rings. The summed E-state index contributed by atoms with van der Waals surface area (Å²) in [6.45, 7) is -0.195. The Morgan fingerprint density at radius 2 is 1.75 bits per heavy atom. The summed E-state index contributed by atoms with van der Waals surface area (Å²) in [6.07, 6.45) is 0. The van der Waals surface area contributed by atoms with E-state index in [2.05, 4.69) is 0 Å². The van der Waals surface area contributed by atoms with Crippen molar-refractivity contribution >= 4 is 0 Å². The summed E-state index contributed by atoms with van der Waals surface area (Å²) >= 11 is 0. The topological polar surface area (TPSA) is 56.8 Å². The number of rotatable bonds is 3. The maximum absolute atomic E-state index is 13.8. The van der Waals surface area contributed by atoms with Crippen LogP contribution in [-0.4, -0.2) is 0 Å². The highest BCUT2D eigenvalue weighted by Crippen LogP contribution is 2.22. The Morgan fingerprint density at radius 1 is 1.00 bits per heavy atom. The molecule has 0 aliphatic heterocycles. The average Bonchev–Trinajstić information content (AvgIpc) is 2.46. The summed E-state index contributed by atoms with van der Waals surface area (Å²) in [7, 11) is 0. The summed E-state index contributed by atoms with van der Waals surface area (Å²) in [5, 5.41) is 17.6. The predicted molar refractivity (Wildman–Crippen MR) is 66.6 cm³/mol. The van der Waals surface area contributed by atoms with Crippen LogP contribution in [-0.2, 0) is 6.61 Å². The number of ether oxygens (including phenoxy) is 1. The van der Waals surface area contributed by atoms with Crippen LogP contribution in [0.15, 0.2) is 36.4 Å². The second-order valence-electron chi connectivity index (χ2n) is 3.90. The number of nitriles is 2. The van der Waals surface area contributed by atoms with Crippen LogP contribution in [0, 0.1) is 34.3 Å². The predicted octanol–water partition coefficient (Wildman–Crippen LogP) is 3.29. The number of hydrogen-bond acceptors (Lipinski definition) is 3. The van der Waals surface area contributed by atoms with Crippen molar-refractivity contribution in [1.29, 1.82) is 10.5 Å². The van der Waals surface area contributed by atoms with E-state index in [9.17, 15) is 8.78 Å². The molecule has 20 heavy (non-hydrogen) atoms. The van der Waals surface area contributed by atoms with Gasteiger partial charge in [0.15, 0.2) is 0 Å². The van der Waals surface area contributed by atoms with Crippen LogP contribution in [0.1, 0.15) is 16.7 Å². The second-order valence-corrected chi connectivity index (χ2v) is 3.90. The van der Waals surface area contributed by atoms with E-state index in [4.69, 9.17) is 15.3 Å². The van der Waals surface area contributed by atoms with Crippen molar-refractivity contribution < 1.29 is 13.5 Å². The van der Waals surface area contributed by atoms with E-state index >= 15 is 0 Å². The molecule has 0 atom stereocenters. The second kappa shape index (κ2) is 5.81.